The van der Waals surface area contributed by atoms with E-state index in [4.69, 9.17) is 5.73 Å². The summed E-state index contributed by atoms with van der Waals surface area (Å²) in [6, 6.07) is 0.355. The first-order chi connectivity index (χ1) is 10.1. The molecule has 1 heterocycles. The molecule has 0 radical (unpaired) electrons. The van der Waals surface area contributed by atoms with Crippen LogP contribution in [0, 0.1) is 0 Å². The third kappa shape index (κ3) is 3.29. The second kappa shape index (κ2) is 6.80. The van der Waals surface area contributed by atoms with E-state index in [1.54, 1.807) is 7.05 Å². The Morgan fingerprint density at radius 1 is 1.29 bits per heavy atom. The minimum atomic E-state index is -0.264. The highest BCUT2D eigenvalue weighted by atomic mass is 32.1. The zero-order valence-corrected chi connectivity index (χ0v) is 13.2. The molecule has 0 aromatic carbocycles. The van der Waals surface area contributed by atoms with Crippen molar-refractivity contribution >= 4 is 33.8 Å². The molecule has 0 atom stereocenters. The molecule has 0 aliphatic heterocycles. The molecule has 1 aromatic heterocycles. The van der Waals surface area contributed by atoms with Gasteiger partial charge in [-0.15, -0.1) is 11.3 Å². The van der Waals surface area contributed by atoms with Crippen LogP contribution in [0.2, 0.25) is 0 Å². The van der Waals surface area contributed by atoms with Crippen molar-refractivity contribution in [1.29, 1.82) is 0 Å². The fourth-order valence-electron chi connectivity index (χ4n) is 2.56. The lowest BCUT2D eigenvalue weighted by molar-refractivity contribution is 0.0959. The number of amides is 2. The number of carbonyl (C=O) groups is 2. The number of nitrogens with two attached hydrogens (primary N) is 1. The molecule has 1 aliphatic rings. The molecular weight excluding hydrogens is 288 g/mol. The number of anilines is 2. The van der Waals surface area contributed by atoms with Gasteiger partial charge in [-0.1, -0.05) is 12.8 Å². The normalized spacial score (nSPS) is 15.0. The maximum absolute atomic E-state index is 12.1. The van der Waals surface area contributed by atoms with Gasteiger partial charge < -0.3 is 21.7 Å². The predicted octanol–water partition coefficient (Wildman–Crippen LogP) is 1.79. The molecule has 0 spiro atoms. The van der Waals surface area contributed by atoms with Crippen LogP contribution in [0.25, 0.3) is 0 Å². The molecule has 21 heavy (non-hydrogen) atoms. The van der Waals surface area contributed by atoms with Gasteiger partial charge >= 0.3 is 0 Å². The first-order valence-corrected chi connectivity index (χ1v) is 8.09. The zero-order chi connectivity index (χ0) is 15.4. The van der Waals surface area contributed by atoms with Gasteiger partial charge in [0.1, 0.15) is 9.88 Å². The fourth-order valence-corrected chi connectivity index (χ4v) is 3.67. The lowest BCUT2D eigenvalue weighted by Gasteiger charge is -2.13. The third-order valence-corrected chi connectivity index (χ3v) is 4.77. The molecule has 6 nitrogen and oxygen atoms in total. The minimum Gasteiger partial charge on any atom is -0.397 e. The highest BCUT2D eigenvalue weighted by Gasteiger charge is 2.26. The Morgan fingerprint density at radius 3 is 2.52 bits per heavy atom. The van der Waals surface area contributed by atoms with Crippen LogP contribution in [0.1, 0.15) is 52.6 Å². The topological polar surface area (TPSA) is 96.2 Å². The van der Waals surface area contributed by atoms with Gasteiger partial charge in [0.2, 0.25) is 0 Å². The largest absolute Gasteiger partial charge is 0.397 e. The van der Waals surface area contributed by atoms with Crippen LogP contribution in [0.4, 0.5) is 10.7 Å². The smallest absolute Gasteiger partial charge is 0.263 e. The molecule has 2 amide bonds. The average Bonchev–Trinajstić information content (AvgIpc) is 3.07. The molecule has 5 N–H and O–H groups in total. The first-order valence-electron chi connectivity index (χ1n) is 7.27. The number of carbonyl (C=O) groups excluding carboxylic acids is 2. The minimum absolute atomic E-state index is 0.232. The maximum atomic E-state index is 12.1. The summed E-state index contributed by atoms with van der Waals surface area (Å²) in [5, 5.41) is 9.39. The molecule has 0 saturated heterocycles. The van der Waals surface area contributed by atoms with Crippen molar-refractivity contribution in [1.82, 2.24) is 10.6 Å². The van der Waals surface area contributed by atoms with E-state index in [1.165, 1.54) is 24.2 Å². The Balaban J connectivity index is 2.34. The van der Waals surface area contributed by atoms with E-state index in [-0.39, 0.29) is 17.5 Å². The Kier molecular flexibility index (Phi) is 5.06. The molecule has 1 aromatic rings. The number of nitrogens with one attached hydrogen (secondary N) is 3. The summed E-state index contributed by atoms with van der Waals surface area (Å²) in [6.07, 6.45) is 4.55. The standard InChI is InChI=1S/C14H22N4O2S/c1-3-17-13(20)11-10(15)9(12(19)16-2)14(21-11)18-8-6-4-5-7-8/h8,18H,3-7,15H2,1-2H3,(H,16,19)(H,17,20). The summed E-state index contributed by atoms with van der Waals surface area (Å²) < 4.78 is 0. The van der Waals surface area contributed by atoms with Crippen molar-refractivity contribution < 1.29 is 9.59 Å². The number of thiophene rings is 1. The maximum Gasteiger partial charge on any atom is 0.263 e. The van der Waals surface area contributed by atoms with E-state index < -0.39 is 0 Å². The van der Waals surface area contributed by atoms with E-state index in [9.17, 15) is 9.59 Å². The fraction of sp³-hybridized carbons (Fsp3) is 0.571. The monoisotopic (exact) mass is 310 g/mol. The van der Waals surface area contributed by atoms with E-state index in [2.05, 4.69) is 16.0 Å². The molecule has 1 aliphatic carbocycles. The van der Waals surface area contributed by atoms with Gasteiger partial charge in [0, 0.05) is 19.6 Å². The summed E-state index contributed by atoms with van der Waals surface area (Å²) in [4.78, 5) is 24.5. The van der Waals surface area contributed by atoms with Gasteiger partial charge in [-0.05, 0) is 19.8 Å². The summed E-state index contributed by atoms with van der Waals surface area (Å²) in [7, 11) is 1.56. The van der Waals surface area contributed by atoms with Crippen LogP contribution in [0.3, 0.4) is 0 Å². The molecule has 1 fully saturated rings. The number of hydrogen-bond acceptors (Lipinski definition) is 5. The second-order valence-electron chi connectivity index (χ2n) is 5.11. The van der Waals surface area contributed by atoms with E-state index in [0.717, 1.165) is 12.8 Å². The van der Waals surface area contributed by atoms with Crippen LogP contribution < -0.4 is 21.7 Å². The van der Waals surface area contributed by atoms with Gasteiger partial charge in [0.25, 0.3) is 11.8 Å². The Morgan fingerprint density at radius 2 is 1.95 bits per heavy atom. The molecule has 7 heteroatoms. The summed E-state index contributed by atoms with van der Waals surface area (Å²) in [5.41, 5.74) is 6.68. The lowest BCUT2D eigenvalue weighted by atomic mass is 10.2. The number of rotatable bonds is 5. The second-order valence-corrected chi connectivity index (χ2v) is 6.13. The van der Waals surface area contributed by atoms with Crippen LogP contribution in [0.15, 0.2) is 0 Å². The predicted molar refractivity (Wildman–Crippen MR) is 86.0 cm³/mol. The van der Waals surface area contributed by atoms with Crippen LogP contribution in [0.5, 0.6) is 0 Å². The van der Waals surface area contributed by atoms with Crippen LogP contribution in [-0.2, 0) is 0 Å². The molecule has 1 saturated carbocycles. The highest BCUT2D eigenvalue weighted by molar-refractivity contribution is 7.19. The van der Waals surface area contributed by atoms with Crippen LogP contribution >= 0.6 is 11.3 Å². The Hall–Kier alpha value is -1.76. The van der Waals surface area contributed by atoms with Crippen molar-refractivity contribution in [2.45, 2.75) is 38.6 Å². The van der Waals surface area contributed by atoms with E-state index in [0.29, 0.717) is 28.0 Å². The average molecular weight is 310 g/mol. The SMILES string of the molecule is CCNC(=O)c1sc(NC2CCCC2)c(C(=O)NC)c1N. The van der Waals surface area contributed by atoms with Crippen molar-refractivity contribution in [3.8, 4) is 0 Å². The molecule has 2 rings (SSSR count). The third-order valence-electron chi connectivity index (χ3n) is 3.63. The van der Waals surface area contributed by atoms with E-state index >= 15 is 0 Å². The molecule has 116 valence electrons. The Labute approximate surface area is 128 Å². The number of nitrogen functional groups attached to an aromatic ring is 1. The van der Waals surface area contributed by atoms with Crippen molar-refractivity contribution in [3.05, 3.63) is 10.4 Å². The number of hydrogen-bond donors (Lipinski definition) is 4. The van der Waals surface area contributed by atoms with Gasteiger partial charge in [0.05, 0.1) is 11.3 Å². The van der Waals surface area contributed by atoms with Crippen molar-refractivity contribution in [2.75, 3.05) is 24.6 Å². The molecule has 0 unspecified atom stereocenters. The van der Waals surface area contributed by atoms with Crippen molar-refractivity contribution in [3.63, 3.8) is 0 Å². The zero-order valence-electron chi connectivity index (χ0n) is 12.4. The van der Waals surface area contributed by atoms with Gasteiger partial charge in [-0.2, -0.15) is 0 Å². The van der Waals surface area contributed by atoms with Crippen molar-refractivity contribution in [2.24, 2.45) is 0 Å². The van der Waals surface area contributed by atoms with Gasteiger partial charge in [0.15, 0.2) is 0 Å². The first kappa shape index (κ1) is 15.6. The Bertz CT molecular complexity index is 535. The van der Waals surface area contributed by atoms with E-state index in [1.807, 2.05) is 6.92 Å². The summed E-state index contributed by atoms with van der Waals surface area (Å²) in [5.74, 6) is -0.496. The van der Waals surface area contributed by atoms with Crippen LogP contribution in [-0.4, -0.2) is 31.4 Å². The summed E-state index contributed by atoms with van der Waals surface area (Å²) >= 11 is 1.26. The van der Waals surface area contributed by atoms with Gasteiger partial charge in [-0.25, -0.2) is 0 Å². The van der Waals surface area contributed by atoms with Gasteiger partial charge in [-0.3, -0.25) is 9.59 Å². The lowest BCUT2D eigenvalue weighted by Crippen LogP contribution is -2.24. The summed E-state index contributed by atoms with van der Waals surface area (Å²) in [6.45, 7) is 2.37. The highest BCUT2D eigenvalue weighted by Crippen LogP contribution is 2.37. The quantitative estimate of drug-likeness (QED) is 0.667. The molecular formula is C14H22N4O2S. The molecule has 0 bridgehead atoms.